The maximum atomic E-state index is 3.70. The van der Waals surface area contributed by atoms with Crippen molar-refractivity contribution >= 4 is 0 Å². The van der Waals surface area contributed by atoms with Crippen LogP contribution < -0.4 is 4.57 Å². The summed E-state index contributed by atoms with van der Waals surface area (Å²) in [5.74, 6) is 0.703. The van der Waals surface area contributed by atoms with E-state index in [1.54, 1.807) is 0 Å². The van der Waals surface area contributed by atoms with Gasteiger partial charge in [0.2, 0.25) is 6.33 Å². The van der Waals surface area contributed by atoms with Gasteiger partial charge in [0, 0.05) is 0 Å². The molecule has 0 radical (unpaired) electrons. The Bertz CT molecular complexity index is 248. The molecule has 0 aromatic carbocycles. The van der Waals surface area contributed by atoms with Gasteiger partial charge in [0.15, 0.2) is 0 Å². The van der Waals surface area contributed by atoms with Gasteiger partial charge in [-0.1, -0.05) is 26.5 Å². The van der Waals surface area contributed by atoms with E-state index in [1.807, 2.05) is 6.08 Å². The summed E-state index contributed by atoms with van der Waals surface area (Å²) in [4.78, 5) is 0. The Labute approximate surface area is 74.1 Å². The molecule has 1 heterocycles. The highest BCUT2D eigenvalue weighted by molar-refractivity contribution is 4.73. The second-order valence-electron chi connectivity index (χ2n) is 3.49. The quantitative estimate of drug-likeness (QED) is 0.473. The zero-order valence-corrected chi connectivity index (χ0v) is 7.90. The van der Waals surface area contributed by atoms with Gasteiger partial charge in [-0.3, -0.25) is 0 Å². The van der Waals surface area contributed by atoms with Crippen LogP contribution in [0.1, 0.15) is 13.8 Å². The van der Waals surface area contributed by atoms with Crippen molar-refractivity contribution in [3.8, 4) is 0 Å². The molecule has 2 heteroatoms. The van der Waals surface area contributed by atoms with Gasteiger partial charge in [0.05, 0.1) is 6.54 Å². The average molecular weight is 165 g/mol. The number of allylic oxidation sites excluding steroid dienone is 1. The number of imidazole rings is 1. The van der Waals surface area contributed by atoms with Crippen LogP contribution >= 0.6 is 0 Å². The molecule has 0 aliphatic rings. The van der Waals surface area contributed by atoms with Crippen LogP contribution in [0.4, 0.5) is 0 Å². The molecule has 0 amide bonds. The van der Waals surface area contributed by atoms with E-state index in [4.69, 9.17) is 0 Å². The zero-order chi connectivity index (χ0) is 8.97. The molecule has 0 atom stereocenters. The smallest absolute Gasteiger partial charge is 0.237 e. The molecule has 2 nitrogen and oxygen atoms in total. The third-order valence-corrected chi connectivity index (χ3v) is 1.66. The van der Waals surface area contributed by atoms with Crippen LogP contribution in [0.3, 0.4) is 0 Å². The van der Waals surface area contributed by atoms with Crippen molar-refractivity contribution in [1.29, 1.82) is 0 Å². The minimum atomic E-state index is 0.703. The predicted molar refractivity (Wildman–Crippen MR) is 49.7 cm³/mol. The van der Waals surface area contributed by atoms with Crippen LogP contribution in [0.5, 0.6) is 0 Å². The van der Waals surface area contributed by atoms with E-state index in [1.165, 1.54) is 0 Å². The average Bonchev–Trinajstić information content (AvgIpc) is 2.36. The van der Waals surface area contributed by atoms with Crippen molar-refractivity contribution < 1.29 is 4.57 Å². The van der Waals surface area contributed by atoms with Gasteiger partial charge in [0.1, 0.15) is 18.9 Å². The van der Waals surface area contributed by atoms with Crippen molar-refractivity contribution in [2.75, 3.05) is 0 Å². The second kappa shape index (κ2) is 4.10. The Morgan fingerprint density at radius 1 is 1.58 bits per heavy atom. The highest BCUT2D eigenvalue weighted by atomic mass is 15.1. The van der Waals surface area contributed by atoms with Gasteiger partial charge in [-0.05, 0) is 5.92 Å². The lowest BCUT2D eigenvalue weighted by atomic mass is 10.2. The molecule has 0 N–H and O–H groups in total. The zero-order valence-electron chi connectivity index (χ0n) is 7.90. The fourth-order valence-electron chi connectivity index (χ4n) is 1.23. The fourth-order valence-corrected chi connectivity index (χ4v) is 1.23. The van der Waals surface area contributed by atoms with Gasteiger partial charge in [-0.15, -0.1) is 0 Å². The first-order valence-electron chi connectivity index (χ1n) is 4.38. The summed E-state index contributed by atoms with van der Waals surface area (Å²) in [5.41, 5.74) is 0. The van der Waals surface area contributed by atoms with E-state index in [2.05, 4.69) is 48.3 Å². The summed E-state index contributed by atoms with van der Waals surface area (Å²) < 4.78 is 4.32. The van der Waals surface area contributed by atoms with Crippen LogP contribution in [0.25, 0.3) is 0 Å². The molecule has 66 valence electrons. The Morgan fingerprint density at radius 3 is 2.92 bits per heavy atom. The molecule has 1 aromatic rings. The fraction of sp³-hybridized carbons (Fsp3) is 0.500. The largest absolute Gasteiger partial charge is 0.244 e. The Morgan fingerprint density at radius 2 is 2.33 bits per heavy atom. The third-order valence-electron chi connectivity index (χ3n) is 1.66. The highest BCUT2D eigenvalue weighted by Gasteiger charge is 2.03. The van der Waals surface area contributed by atoms with E-state index in [0.29, 0.717) is 5.92 Å². The minimum Gasteiger partial charge on any atom is -0.237 e. The SMILES string of the molecule is C=CCn1cc[n+](CC(C)C)c1. The number of aromatic nitrogens is 2. The molecule has 1 aromatic heterocycles. The molecule has 0 saturated carbocycles. The van der Waals surface area contributed by atoms with Crippen LogP contribution in [-0.2, 0) is 13.1 Å². The summed E-state index contributed by atoms with van der Waals surface area (Å²) in [6.45, 7) is 10.1. The first-order valence-corrected chi connectivity index (χ1v) is 4.38. The molecule has 0 bridgehead atoms. The van der Waals surface area contributed by atoms with Gasteiger partial charge in [0.25, 0.3) is 0 Å². The summed E-state index contributed by atoms with van der Waals surface area (Å²) >= 11 is 0. The number of hydrogen-bond donors (Lipinski definition) is 0. The molecule has 1 rings (SSSR count). The molecule has 0 saturated heterocycles. The van der Waals surface area contributed by atoms with Crippen LogP contribution in [0.15, 0.2) is 31.4 Å². The van der Waals surface area contributed by atoms with Crippen molar-refractivity contribution in [1.82, 2.24) is 4.57 Å². The van der Waals surface area contributed by atoms with Crippen molar-refractivity contribution in [2.24, 2.45) is 5.92 Å². The number of nitrogens with zero attached hydrogens (tertiary/aromatic N) is 2. The van der Waals surface area contributed by atoms with Gasteiger partial charge in [-0.2, -0.15) is 0 Å². The lowest BCUT2D eigenvalue weighted by molar-refractivity contribution is -0.701. The van der Waals surface area contributed by atoms with E-state index in [-0.39, 0.29) is 0 Å². The molecule has 0 aliphatic heterocycles. The number of rotatable bonds is 4. The first-order chi connectivity index (χ1) is 5.72. The second-order valence-corrected chi connectivity index (χ2v) is 3.49. The Hall–Kier alpha value is -1.05. The topological polar surface area (TPSA) is 8.81 Å². The van der Waals surface area contributed by atoms with E-state index in [0.717, 1.165) is 13.1 Å². The van der Waals surface area contributed by atoms with Crippen molar-refractivity contribution in [2.45, 2.75) is 26.9 Å². The summed E-state index contributed by atoms with van der Waals surface area (Å²) in [6.07, 6.45) is 8.19. The molecule has 0 spiro atoms. The van der Waals surface area contributed by atoms with Gasteiger partial charge in [-0.25, -0.2) is 9.13 Å². The molecule has 0 fully saturated rings. The van der Waals surface area contributed by atoms with Crippen molar-refractivity contribution in [3.05, 3.63) is 31.4 Å². The molecular formula is C10H17N2+. The molecular weight excluding hydrogens is 148 g/mol. The summed E-state index contributed by atoms with van der Waals surface area (Å²) in [7, 11) is 0. The van der Waals surface area contributed by atoms with Crippen LogP contribution in [0, 0.1) is 5.92 Å². The maximum Gasteiger partial charge on any atom is 0.244 e. The van der Waals surface area contributed by atoms with Crippen LogP contribution in [-0.4, -0.2) is 4.57 Å². The molecule has 12 heavy (non-hydrogen) atoms. The monoisotopic (exact) mass is 165 g/mol. The maximum absolute atomic E-state index is 3.70. The van der Waals surface area contributed by atoms with E-state index < -0.39 is 0 Å². The lowest BCUT2D eigenvalue weighted by Crippen LogP contribution is -2.33. The van der Waals surface area contributed by atoms with Crippen LogP contribution in [0.2, 0.25) is 0 Å². The summed E-state index contributed by atoms with van der Waals surface area (Å²) in [6, 6.07) is 0. The van der Waals surface area contributed by atoms with Gasteiger partial charge >= 0.3 is 0 Å². The standard InChI is InChI=1S/C10H17N2/c1-4-5-11-6-7-12(9-11)8-10(2)3/h4,6-7,9-10H,1,5,8H2,2-3H3/q+1. The Kier molecular flexibility index (Phi) is 3.09. The first kappa shape index (κ1) is 9.04. The van der Waals surface area contributed by atoms with E-state index >= 15 is 0 Å². The highest BCUT2D eigenvalue weighted by Crippen LogP contribution is 1.91. The van der Waals surface area contributed by atoms with Gasteiger partial charge < -0.3 is 0 Å². The minimum absolute atomic E-state index is 0.703. The molecule has 0 aliphatic carbocycles. The summed E-state index contributed by atoms with van der Waals surface area (Å²) in [5, 5.41) is 0. The Balaban J connectivity index is 2.57. The predicted octanol–water partition coefficient (Wildman–Crippen LogP) is 1.62. The van der Waals surface area contributed by atoms with E-state index in [9.17, 15) is 0 Å². The number of hydrogen-bond acceptors (Lipinski definition) is 0. The third kappa shape index (κ3) is 2.53. The lowest BCUT2D eigenvalue weighted by Gasteiger charge is -1.98. The van der Waals surface area contributed by atoms with Crippen molar-refractivity contribution in [3.63, 3.8) is 0 Å². The molecule has 0 unspecified atom stereocenters. The normalized spacial score (nSPS) is 10.6.